The second-order valence-corrected chi connectivity index (χ2v) is 3.93. The molecule has 1 heterocycles. The molecule has 1 fully saturated rings. The van der Waals surface area contributed by atoms with E-state index in [9.17, 15) is 13.2 Å². The molecule has 1 rings (SSSR count). The van der Waals surface area contributed by atoms with Crippen molar-refractivity contribution in [1.82, 2.24) is 0 Å². The van der Waals surface area contributed by atoms with Gasteiger partial charge in [-0.25, -0.2) is 0 Å². The van der Waals surface area contributed by atoms with Crippen molar-refractivity contribution < 1.29 is 22.6 Å². The highest BCUT2D eigenvalue weighted by Crippen LogP contribution is 2.26. The van der Waals surface area contributed by atoms with E-state index < -0.39 is 12.3 Å². The van der Waals surface area contributed by atoms with Gasteiger partial charge in [-0.15, -0.1) is 0 Å². The Morgan fingerprint density at radius 3 is 2.62 bits per heavy atom. The van der Waals surface area contributed by atoms with Gasteiger partial charge in [-0.1, -0.05) is 0 Å². The Morgan fingerprint density at radius 1 is 1.38 bits per heavy atom. The summed E-state index contributed by atoms with van der Waals surface area (Å²) in [6.07, 6.45) is -3.76. The first-order valence-electron chi connectivity index (χ1n) is 5.54. The molecule has 96 valence electrons. The third-order valence-electron chi connectivity index (χ3n) is 2.55. The fourth-order valence-corrected chi connectivity index (χ4v) is 1.66. The Balaban J connectivity index is 2.31. The van der Waals surface area contributed by atoms with Crippen molar-refractivity contribution in [3.05, 3.63) is 0 Å². The van der Waals surface area contributed by atoms with E-state index >= 15 is 0 Å². The average molecular weight is 241 g/mol. The molecule has 2 atom stereocenters. The predicted octanol–water partition coefficient (Wildman–Crippen LogP) is 1.85. The van der Waals surface area contributed by atoms with Crippen molar-refractivity contribution in [2.24, 2.45) is 5.73 Å². The van der Waals surface area contributed by atoms with Crippen LogP contribution in [0.15, 0.2) is 0 Å². The first-order chi connectivity index (χ1) is 7.54. The number of ether oxygens (including phenoxy) is 2. The summed E-state index contributed by atoms with van der Waals surface area (Å²) >= 11 is 0. The molecular weight excluding hydrogens is 223 g/mol. The van der Waals surface area contributed by atoms with Gasteiger partial charge in [-0.3, -0.25) is 0 Å². The van der Waals surface area contributed by atoms with Gasteiger partial charge >= 0.3 is 6.18 Å². The first kappa shape index (κ1) is 13.7. The molecule has 0 aliphatic carbocycles. The van der Waals surface area contributed by atoms with Crippen molar-refractivity contribution in [2.45, 2.75) is 44.1 Å². The third-order valence-corrected chi connectivity index (χ3v) is 2.55. The van der Waals surface area contributed by atoms with E-state index in [1.807, 2.05) is 0 Å². The van der Waals surface area contributed by atoms with Crippen LogP contribution in [0.25, 0.3) is 0 Å². The second-order valence-electron chi connectivity index (χ2n) is 3.93. The first-order valence-corrected chi connectivity index (χ1v) is 5.54. The van der Waals surface area contributed by atoms with E-state index in [0.29, 0.717) is 6.61 Å². The zero-order valence-corrected chi connectivity index (χ0v) is 9.13. The molecule has 16 heavy (non-hydrogen) atoms. The molecule has 2 unspecified atom stereocenters. The van der Waals surface area contributed by atoms with Gasteiger partial charge in [0.1, 0.15) is 0 Å². The van der Waals surface area contributed by atoms with Crippen LogP contribution < -0.4 is 5.73 Å². The summed E-state index contributed by atoms with van der Waals surface area (Å²) in [7, 11) is 0. The largest absolute Gasteiger partial charge is 0.414 e. The Hall–Kier alpha value is -0.330. The van der Waals surface area contributed by atoms with Crippen LogP contribution in [0, 0.1) is 0 Å². The lowest BCUT2D eigenvalue weighted by molar-refractivity contribution is -0.229. The molecule has 0 aromatic rings. The Morgan fingerprint density at radius 2 is 2.12 bits per heavy atom. The number of hydrogen-bond acceptors (Lipinski definition) is 3. The molecule has 0 aromatic heterocycles. The van der Waals surface area contributed by atoms with Crippen LogP contribution in [0.2, 0.25) is 0 Å². The molecule has 1 saturated heterocycles. The van der Waals surface area contributed by atoms with Crippen LogP contribution in [0.3, 0.4) is 0 Å². The maximum atomic E-state index is 12.4. The smallest absolute Gasteiger partial charge is 0.376 e. The fourth-order valence-electron chi connectivity index (χ4n) is 1.66. The van der Waals surface area contributed by atoms with Gasteiger partial charge in [0.25, 0.3) is 0 Å². The molecule has 1 aliphatic rings. The van der Waals surface area contributed by atoms with E-state index in [0.717, 1.165) is 19.3 Å². The van der Waals surface area contributed by atoms with Gasteiger partial charge in [-0.05, 0) is 32.2 Å². The molecule has 0 saturated carbocycles. The van der Waals surface area contributed by atoms with Crippen molar-refractivity contribution >= 4 is 0 Å². The third kappa shape index (κ3) is 4.67. The molecule has 2 N–H and O–H groups in total. The van der Waals surface area contributed by atoms with Crippen molar-refractivity contribution in [3.63, 3.8) is 0 Å². The maximum Gasteiger partial charge on any atom is 0.414 e. The summed E-state index contributed by atoms with van der Waals surface area (Å²) in [5.74, 6) is 0. The minimum absolute atomic E-state index is 0.00414. The normalized spacial score (nSPS) is 24.4. The molecule has 0 aromatic carbocycles. The highest BCUT2D eigenvalue weighted by atomic mass is 19.4. The Kier molecular flexibility index (Phi) is 5.51. The molecule has 0 radical (unpaired) electrons. The van der Waals surface area contributed by atoms with Crippen molar-refractivity contribution in [1.29, 1.82) is 0 Å². The Bertz CT molecular complexity index is 193. The average Bonchev–Trinajstić information content (AvgIpc) is 2.24. The molecule has 1 aliphatic heterocycles. The van der Waals surface area contributed by atoms with E-state index in [1.54, 1.807) is 0 Å². The van der Waals surface area contributed by atoms with Crippen molar-refractivity contribution in [2.75, 3.05) is 19.8 Å². The van der Waals surface area contributed by atoms with Gasteiger partial charge in [0.2, 0.25) is 0 Å². The summed E-state index contributed by atoms with van der Waals surface area (Å²) in [4.78, 5) is 0. The lowest BCUT2D eigenvalue weighted by atomic mass is 10.1. The minimum Gasteiger partial charge on any atom is -0.376 e. The van der Waals surface area contributed by atoms with Crippen LogP contribution in [0.5, 0.6) is 0 Å². The van der Waals surface area contributed by atoms with Crippen molar-refractivity contribution in [3.8, 4) is 0 Å². The van der Waals surface area contributed by atoms with Gasteiger partial charge in [0.05, 0.1) is 12.7 Å². The fraction of sp³-hybridized carbons (Fsp3) is 1.00. The number of nitrogens with two attached hydrogens (primary N) is 1. The molecule has 0 bridgehead atoms. The van der Waals surface area contributed by atoms with Crippen LogP contribution in [0.4, 0.5) is 13.2 Å². The molecular formula is C10H18F3NO2. The maximum absolute atomic E-state index is 12.4. The van der Waals surface area contributed by atoms with Gasteiger partial charge < -0.3 is 15.2 Å². The minimum atomic E-state index is -4.34. The lowest BCUT2D eigenvalue weighted by Gasteiger charge is -2.26. The topological polar surface area (TPSA) is 44.5 Å². The summed E-state index contributed by atoms with van der Waals surface area (Å²) in [6.45, 7) is 0.585. The number of halogens is 3. The van der Waals surface area contributed by atoms with Gasteiger partial charge in [0.15, 0.2) is 6.10 Å². The van der Waals surface area contributed by atoms with Gasteiger partial charge in [0, 0.05) is 6.61 Å². The van der Waals surface area contributed by atoms with Crippen LogP contribution in [0.1, 0.15) is 25.7 Å². The predicted molar refractivity (Wildman–Crippen MR) is 53.1 cm³/mol. The molecule has 3 nitrogen and oxygen atoms in total. The van der Waals surface area contributed by atoms with Crippen LogP contribution >= 0.6 is 0 Å². The standard InChI is InChI=1S/C10H18F3NO2/c11-10(12,13)9(4-5-14)16-7-8-3-1-2-6-15-8/h8-9H,1-7,14H2. The monoisotopic (exact) mass is 241 g/mol. The van der Waals surface area contributed by atoms with Gasteiger partial charge in [-0.2, -0.15) is 13.2 Å². The molecule has 6 heteroatoms. The Labute approximate surface area is 93.1 Å². The SMILES string of the molecule is NCCC(OCC1CCCCO1)C(F)(F)F. The summed E-state index contributed by atoms with van der Waals surface area (Å²) in [5.41, 5.74) is 5.12. The van der Waals surface area contributed by atoms with E-state index in [1.165, 1.54) is 0 Å². The number of rotatable bonds is 5. The van der Waals surface area contributed by atoms with E-state index in [2.05, 4.69) is 0 Å². The highest BCUT2D eigenvalue weighted by Gasteiger charge is 2.40. The molecule has 0 spiro atoms. The summed E-state index contributed by atoms with van der Waals surface area (Å²) in [5, 5.41) is 0. The van der Waals surface area contributed by atoms with Crippen LogP contribution in [-0.4, -0.2) is 38.1 Å². The lowest BCUT2D eigenvalue weighted by Crippen LogP contribution is -2.37. The quantitative estimate of drug-likeness (QED) is 0.799. The summed E-state index contributed by atoms with van der Waals surface area (Å²) in [6, 6.07) is 0. The zero-order chi connectivity index (χ0) is 12.0. The highest BCUT2D eigenvalue weighted by molar-refractivity contribution is 4.70. The van der Waals surface area contributed by atoms with Crippen LogP contribution in [-0.2, 0) is 9.47 Å². The molecule has 0 amide bonds. The number of alkyl halides is 3. The second kappa shape index (κ2) is 6.42. The van der Waals surface area contributed by atoms with E-state index in [-0.39, 0.29) is 25.7 Å². The summed E-state index contributed by atoms with van der Waals surface area (Å²) < 4.78 is 47.5. The zero-order valence-electron chi connectivity index (χ0n) is 9.13. The van der Waals surface area contributed by atoms with E-state index in [4.69, 9.17) is 15.2 Å². The number of hydrogen-bond donors (Lipinski definition) is 1.